The van der Waals surface area contributed by atoms with Crippen LogP contribution in [0.25, 0.3) is 0 Å². The molecule has 0 amide bonds. The minimum Gasteiger partial charge on any atom is -0.490 e. The highest BCUT2D eigenvalue weighted by Crippen LogP contribution is 2.39. The molecule has 20 heavy (non-hydrogen) atoms. The van der Waals surface area contributed by atoms with Gasteiger partial charge in [0.2, 0.25) is 0 Å². The number of carbonyl (C=O) groups is 1. The molecule has 1 heterocycles. The van der Waals surface area contributed by atoms with Crippen LogP contribution in [-0.4, -0.2) is 31.4 Å². The Morgan fingerprint density at radius 3 is 2.30 bits per heavy atom. The van der Waals surface area contributed by atoms with Crippen LogP contribution < -0.4 is 9.47 Å². The average Bonchev–Trinajstić information content (AvgIpc) is 2.68. The molecule has 0 bridgehead atoms. The summed E-state index contributed by atoms with van der Waals surface area (Å²) in [6.45, 7) is 0.726. The van der Waals surface area contributed by atoms with Crippen LogP contribution in [-0.2, 0) is 9.53 Å². The first-order valence-corrected chi connectivity index (χ1v) is 6.02. The molecule has 1 unspecified atom stereocenters. The lowest BCUT2D eigenvalue weighted by Crippen LogP contribution is -2.16. The van der Waals surface area contributed by atoms with Crippen molar-refractivity contribution in [2.45, 2.75) is 19.0 Å². The second kappa shape index (κ2) is 6.04. The van der Waals surface area contributed by atoms with Crippen molar-refractivity contribution < 1.29 is 32.9 Å². The normalized spacial score (nSPS) is 15.7. The number of methoxy groups -OCH3 is 1. The molecule has 1 aromatic carbocycles. The Morgan fingerprint density at radius 2 is 1.80 bits per heavy atom. The molecule has 0 aromatic heterocycles. The Morgan fingerprint density at radius 1 is 1.25 bits per heavy atom. The molecule has 0 saturated carbocycles. The highest BCUT2D eigenvalue weighted by Gasteiger charge is 2.28. The van der Waals surface area contributed by atoms with Gasteiger partial charge in [0.25, 0.3) is 6.43 Å². The minimum absolute atomic E-state index is 0.179. The molecule has 1 aliphatic rings. The lowest BCUT2D eigenvalue weighted by molar-refractivity contribution is -0.150. The summed E-state index contributed by atoms with van der Waals surface area (Å²) >= 11 is 0. The van der Waals surface area contributed by atoms with Crippen molar-refractivity contribution in [1.29, 1.82) is 0 Å². The smallest absolute Gasteiger partial charge is 0.339 e. The second-order valence-corrected chi connectivity index (χ2v) is 4.20. The quantitative estimate of drug-likeness (QED) is 0.862. The monoisotopic (exact) mass is 288 g/mol. The molecule has 0 saturated heterocycles. The highest BCUT2D eigenvalue weighted by atomic mass is 19.3. The molecule has 110 valence electrons. The van der Waals surface area contributed by atoms with Crippen LogP contribution in [0.2, 0.25) is 0 Å². The summed E-state index contributed by atoms with van der Waals surface area (Å²) in [4.78, 5) is 11.3. The first-order valence-electron chi connectivity index (χ1n) is 6.02. The van der Waals surface area contributed by atoms with Crippen LogP contribution >= 0.6 is 0 Å². The molecule has 2 rings (SSSR count). The number of ether oxygens (including phenoxy) is 3. The van der Waals surface area contributed by atoms with Gasteiger partial charge in [0.05, 0.1) is 20.3 Å². The lowest BCUT2D eigenvalue weighted by atomic mass is 10.0. The highest BCUT2D eigenvalue weighted by molar-refractivity contribution is 5.77. The summed E-state index contributed by atoms with van der Waals surface area (Å²) in [5, 5.41) is 9.79. The van der Waals surface area contributed by atoms with E-state index in [0.29, 0.717) is 19.6 Å². The van der Waals surface area contributed by atoms with Gasteiger partial charge in [0.1, 0.15) is 0 Å². The third-order valence-corrected chi connectivity index (χ3v) is 2.91. The molecule has 0 spiro atoms. The summed E-state index contributed by atoms with van der Waals surface area (Å²) in [6.07, 6.45) is -4.03. The second-order valence-electron chi connectivity index (χ2n) is 4.20. The van der Waals surface area contributed by atoms with Gasteiger partial charge in [0.15, 0.2) is 17.6 Å². The molecular formula is C13H14F2O5. The number of aliphatic hydroxyl groups is 1. The number of esters is 1. The zero-order valence-corrected chi connectivity index (χ0v) is 10.8. The van der Waals surface area contributed by atoms with Crippen molar-refractivity contribution in [3.8, 4) is 11.5 Å². The summed E-state index contributed by atoms with van der Waals surface area (Å²) in [5.41, 5.74) is -0.719. The van der Waals surface area contributed by atoms with Crippen molar-refractivity contribution in [2.75, 3.05) is 20.3 Å². The number of aliphatic hydroxyl groups excluding tert-OH is 1. The lowest BCUT2D eigenvalue weighted by Gasteiger charge is -2.17. The molecule has 1 aliphatic heterocycles. The first-order chi connectivity index (χ1) is 9.54. The fraction of sp³-hybridized carbons (Fsp3) is 0.462. The fourth-order valence-corrected chi connectivity index (χ4v) is 1.90. The summed E-state index contributed by atoms with van der Waals surface area (Å²) in [7, 11) is 1.07. The summed E-state index contributed by atoms with van der Waals surface area (Å²) in [6, 6.07) is 2.29. The Labute approximate surface area is 114 Å². The molecular weight excluding hydrogens is 274 g/mol. The predicted octanol–water partition coefficient (Wildman–Crippen LogP) is 1.99. The van der Waals surface area contributed by atoms with Crippen LogP contribution in [0.5, 0.6) is 11.5 Å². The summed E-state index contributed by atoms with van der Waals surface area (Å²) < 4.78 is 41.2. The van der Waals surface area contributed by atoms with E-state index in [0.717, 1.165) is 13.2 Å². The number of halogens is 2. The number of fused-ring (bicyclic) bond motifs is 1. The van der Waals surface area contributed by atoms with E-state index in [4.69, 9.17) is 9.47 Å². The maximum absolute atomic E-state index is 13.1. The topological polar surface area (TPSA) is 65.0 Å². The predicted molar refractivity (Wildman–Crippen MR) is 64.0 cm³/mol. The van der Waals surface area contributed by atoms with Crippen molar-refractivity contribution in [3.63, 3.8) is 0 Å². The van der Waals surface area contributed by atoms with Crippen molar-refractivity contribution in [3.05, 3.63) is 23.3 Å². The Hall–Kier alpha value is -1.89. The largest absolute Gasteiger partial charge is 0.490 e. The van der Waals surface area contributed by atoms with Gasteiger partial charge >= 0.3 is 5.97 Å². The third-order valence-electron chi connectivity index (χ3n) is 2.91. The molecule has 0 fully saturated rings. The number of hydrogen-bond acceptors (Lipinski definition) is 5. The molecule has 1 aromatic rings. The Kier molecular flexibility index (Phi) is 4.39. The van der Waals surface area contributed by atoms with E-state index >= 15 is 0 Å². The number of alkyl halides is 2. The molecule has 5 nitrogen and oxygen atoms in total. The van der Waals surface area contributed by atoms with E-state index in [9.17, 15) is 18.7 Å². The van der Waals surface area contributed by atoms with Crippen molar-refractivity contribution in [1.82, 2.24) is 0 Å². The molecule has 0 radical (unpaired) electrons. The molecule has 1 atom stereocenters. The molecule has 1 N–H and O–H groups in total. The first kappa shape index (κ1) is 14.5. The van der Waals surface area contributed by atoms with Gasteiger partial charge in [-0.15, -0.1) is 0 Å². The van der Waals surface area contributed by atoms with Gasteiger partial charge in [-0.3, -0.25) is 0 Å². The van der Waals surface area contributed by atoms with Gasteiger partial charge in [-0.2, -0.15) is 0 Å². The summed E-state index contributed by atoms with van der Waals surface area (Å²) in [5.74, 6) is -0.607. The molecule has 7 heteroatoms. The number of hydrogen-bond donors (Lipinski definition) is 1. The van der Waals surface area contributed by atoms with Crippen LogP contribution in [0.4, 0.5) is 8.78 Å². The Balaban J connectivity index is 2.48. The third kappa shape index (κ3) is 2.82. The number of rotatable bonds is 3. The van der Waals surface area contributed by atoms with E-state index in [1.54, 1.807) is 0 Å². The van der Waals surface area contributed by atoms with Crippen LogP contribution in [0, 0.1) is 0 Å². The van der Waals surface area contributed by atoms with E-state index in [-0.39, 0.29) is 17.1 Å². The van der Waals surface area contributed by atoms with Gasteiger partial charge in [-0.05, 0) is 12.1 Å². The van der Waals surface area contributed by atoms with Crippen LogP contribution in [0.15, 0.2) is 12.1 Å². The van der Waals surface area contributed by atoms with Crippen LogP contribution in [0.1, 0.15) is 30.1 Å². The van der Waals surface area contributed by atoms with Crippen molar-refractivity contribution >= 4 is 5.97 Å². The molecule has 0 aliphatic carbocycles. The zero-order valence-electron chi connectivity index (χ0n) is 10.8. The zero-order chi connectivity index (χ0) is 14.7. The van der Waals surface area contributed by atoms with Crippen molar-refractivity contribution in [2.24, 2.45) is 0 Å². The van der Waals surface area contributed by atoms with E-state index in [2.05, 4.69) is 4.74 Å². The average molecular weight is 288 g/mol. The minimum atomic E-state index is -2.86. The number of carbonyl (C=O) groups excluding carboxylic acids is 1. The SMILES string of the molecule is COC(=O)C(O)c1cc2c(cc1C(F)F)OCCCO2. The van der Waals surface area contributed by atoms with Gasteiger partial charge in [-0.25, -0.2) is 13.6 Å². The fourth-order valence-electron chi connectivity index (χ4n) is 1.90. The van der Waals surface area contributed by atoms with Crippen LogP contribution in [0.3, 0.4) is 0 Å². The van der Waals surface area contributed by atoms with Gasteiger partial charge < -0.3 is 19.3 Å². The van der Waals surface area contributed by atoms with E-state index in [1.165, 1.54) is 6.07 Å². The maximum atomic E-state index is 13.1. The standard InChI is InChI=1S/C13H14F2O5/c1-18-13(17)11(16)7-5-9-10(6-8(7)12(14)15)20-4-2-3-19-9/h5-6,11-12,16H,2-4H2,1H3. The van der Waals surface area contributed by atoms with E-state index < -0.39 is 24.1 Å². The Bertz CT molecular complexity index is 504. The maximum Gasteiger partial charge on any atom is 0.339 e. The van der Waals surface area contributed by atoms with Gasteiger partial charge in [0, 0.05) is 17.5 Å². The number of benzene rings is 1. The van der Waals surface area contributed by atoms with Gasteiger partial charge in [-0.1, -0.05) is 0 Å². The van der Waals surface area contributed by atoms with E-state index in [1.807, 2.05) is 0 Å².